The summed E-state index contributed by atoms with van der Waals surface area (Å²) in [6, 6.07) is 8.21. The Morgan fingerprint density at radius 1 is 1.08 bits per heavy atom. The number of benzene rings is 1. The molecule has 39 heavy (non-hydrogen) atoms. The van der Waals surface area contributed by atoms with E-state index in [1.807, 2.05) is 0 Å². The fraction of sp³-hybridized carbons (Fsp3) is 0.621. The summed E-state index contributed by atoms with van der Waals surface area (Å²) in [5, 5.41) is 47.5. The molecule has 3 aliphatic carbocycles. The maximum Gasteiger partial charge on any atom is 0.343 e. The predicted octanol–water partition coefficient (Wildman–Crippen LogP) is 1.43. The van der Waals surface area contributed by atoms with Crippen LogP contribution in [-0.4, -0.2) is 80.1 Å². The van der Waals surface area contributed by atoms with Gasteiger partial charge in [0.05, 0.1) is 23.2 Å². The lowest BCUT2D eigenvalue weighted by atomic mass is 9.38. The van der Waals surface area contributed by atoms with Crippen molar-refractivity contribution in [1.82, 2.24) is 0 Å². The predicted molar refractivity (Wildman–Crippen MR) is 135 cm³/mol. The number of fused-ring (bicyclic) bond motifs is 2. The third-order valence-corrected chi connectivity index (χ3v) is 10.1. The Bertz CT molecular complexity index is 1260. The van der Waals surface area contributed by atoms with E-state index >= 15 is 0 Å². The van der Waals surface area contributed by atoms with Gasteiger partial charge in [0.2, 0.25) is 0 Å². The van der Waals surface area contributed by atoms with Gasteiger partial charge in [-0.3, -0.25) is 4.79 Å². The average molecular weight is 545 g/mol. The van der Waals surface area contributed by atoms with Gasteiger partial charge < -0.3 is 34.6 Å². The minimum Gasteiger partial charge on any atom is -0.463 e. The molecule has 4 N–H and O–H groups in total. The molecule has 1 aromatic carbocycles. The second-order valence-electron chi connectivity index (χ2n) is 12.2. The van der Waals surface area contributed by atoms with Gasteiger partial charge in [-0.1, -0.05) is 30.7 Å². The normalized spacial score (nSPS) is 42.2. The van der Waals surface area contributed by atoms with Crippen molar-refractivity contribution in [2.24, 2.45) is 16.7 Å². The number of hydrogen-bond acceptors (Lipinski definition) is 10. The second kappa shape index (κ2) is 8.60. The first-order valence-corrected chi connectivity index (χ1v) is 13.2. The highest BCUT2D eigenvalue weighted by Crippen LogP contribution is 2.74. The number of carbonyl (C=O) groups is 3. The summed E-state index contributed by atoms with van der Waals surface area (Å²) in [6.07, 6.45) is -4.20. The van der Waals surface area contributed by atoms with E-state index in [9.17, 15) is 34.8 Å². The van der Waals surface area contributed by atoms with Crippen molar-refractivity contribution in [2.75, 3.05) is 6.61 Å². The van der Waals surface area contributed by atoms with E-state index in [-0.39, 0.29) is 5.56 Å². The molecule has 5 rings (SSSR count). The Morgan fingerprint density at radius 3 is 2.33 bits per heavy atom. The Morgan fingerprint density at radius 2 is 1.72 bits per heavy atom. The molecule has 10 heteroatoms. The van der Waals surface area contributed by atoms with Crippen LogP contribution in [0.15, 0.2) is 41.5 Å². The highest BCUT2D eigenvalue weighted by atomic mass is 16.6. The molecule has 0 spiro atoms. The largest absolute Gasteiger partial charge is 0.463 e. The minimum absolute atomic E-state index is 0.225. The number of hydrogen-bond donors (Lipinski definition) is 4. The molecule has 8 unspecified atom stereocenters. The van der Waals surface area contributed by atoms with Crippen molar-refractivity contribution in [1.29, 1.82) is 0 Å². The number of allylic oxidation sites excluding steroid dienone is 1. The van der Waals surface area contributed by atoms with E-state index in [2.05, 4.69) is 0 Å². The summed E-state index contributed by atoms with van der Waals surface area (Å²) in [7, 11) is 0. The second-order valence-corrected chi connectivity index (χ2v) is 12.2. The molecule has 1 aromatic rings. The van der Waals surface area contributed by atoms with Crippen LogP contribution in [0, 0.1) is 16.7 Å². The molecule has 1 saturated heterocycles. The zero-order valence-electron chi connectivity index (χ0n) is 22.8. The van der Waals surface area contributed by atoms with Crippen LogP contribution >= 0.6 is 0 Å². The van der Waals surface area contributed by atoms with Gasteiger partial charge in [-0.05, 0) is 51.3 Å². The van der Waals surface area contributed by atoms with Crippen LogP contribution in [0.5, 0.6) is 0 Å². The highest BCUT2D eigenvalue weighted by molar-refractivity contribution is 5.91. The minimum atomic E-state index is -2.42. The van der Waals surface area contributed by atoms with E-state index in [0.717, 1.165) is 6.92 Å². The summed E-state index contributed by atoms with van der Waals surface area (Å²) in [5.41, 5.74) is -8.07. The van der Waals surface area contributed by atoms with Gasteiger partial charge in [-0.25, -0.2) is 9.59 Å². The number of rotatable bonds is 4. The monoisotopic (exact) mass is 544 g/mol. The zero-order chi connectivity index (χ0) is 28.8. The van der Waals surface area contributed by atoms with Crippen LogP contribution in [0.4, 0.5) is 0 Å². The lowest BCUT2D eigenvalue weighted by Gasteiger charge is -2.71. The lowest BCUT2D eigenvalue weighted by Crippen LogP contribution is -2.85. The maximum absolute atomic E-state index is 13.8. The number of esters is 3. The molecule has 0 aromatic heterocycles. The van der Waals surface area contributed by atoms with Crippen LogP contribution in [0.25, 0.3) is 0 Å². The van der Waals surface area contributed by atoms with Gasteiger partial charge in [0.25, 0.3) is 0 Å². The average Bonchev–Trinajstić information content (AvgIpc) is 3.24. The van der Waals surface area contributed by atoms with Gasteiger partial charge in [0.1, 0.15) is 23.9 Å². The van der Waals surface area contributed by atoms with E-state index in [0.29, 0.717) is 24.0 Å². The quantitative estimate of drug-likeness (QED) is 0.248. The number of aliphatic hydroxyl groups is 4. The Hall–Kier alpha value is -2.79. The van der Waals surface area contributed by atoms with Crippen LogP contribution in [-0.2, 0) is 23.8 Å². The van der Waals surface area contributed by atoms with Crippen molar-refractivity contribution < 1.29 is 49.0 Å². The fourth-order valence-corrected chi connectivity index (χ4v) is 8.12. The Balaban J connectivity index is 1.82. The molecule has 4 aliphatic rings. The molecule has 3 fully saturated rings. The Labute approximate surface area is 226 Å². The summed E-state index contributed by atoms with van der Waals surface area (Å²) in [6.45, 7) is 6.97. The molecule has 212 valence electrons. The van der Waals surface area contributed by atoms with Gasteiger partial charge in [-0.15, -0.1) is 0 Å². The first kappa shape index (κ1) is 27.8. The van der Waals surface area contributed by atoms with E-state index in [4.69, 9.17) is 14.2 Å². The highest BCUT2D eigenvalue weighted by Gasteiger charge is 2.85. The molecule has 8 atom stereocenters. The smallest absolute Gasteiger partial charge is 0.343 e. The SMILES string of the molecule is CC(=O)OCC1(O)C(O)CC(O)C2(C)C1C(OC(=O)c1ccccc1)C13CCC(C)=C1C2(O)C(=O)OC3(C)C. The molecule has 1 heterocycles. The third kappa shape index (κ3) is 3.32. The van der Waals surface area contributed by atoms with Gasteiger partial charge in [0.15, 0.2) is 5.60 Å². The number of aliphatic hydroxyl groups excluding tert-OH is 2. The van der Waals surface area contributed by atoms with Crippen LogP contribution in [0.2, 0.25) is 0 Å². The summed E-state index contributed by atoms with van der Waals surface area (Å²) in [5.74, 6) is -3.91. The van der Waals surface area contributed by atoms with Gasteiger partial charge >= 0.3 is 17.9 Å². The van der Waals surface area contributed by atoms with E-state index < -0.39 is 82.8 Å². The summed E-state index contributed by atoms with van der Waals surface area (Å²) < 4.78 is 17.4. The van der Waals surface area contributed by atoms with Crippen molar-refractivity contribution in [3.05, 3.63) is 47.0 Å². The van der Waals surface area contributed by atoms with E-state index in [1.54, 1.807) is 51.1 Å². The number of ether oxygens (including phenoxy) is 3. The topological polar surface area (TPSA) is 160 Å². The molecule has 0 radical (unpaired) electrons. The molecule has 0 amide bonds. The molecule has 10 nitrogen and oxygen atoms in total. The first-order chi connectivity index (χ1) is 18.1. The van der Waals surface area contributed by atoms with Crippen LogP contribution in [0.3, 0.4) is 0 Å². The molecule has 1 aliphatic heterocycles. The zero-order valence-corrected chi connectivity index (χ0v) is 22.8. The lowest BCUT2D eigenvalue weighted by molar-refractivity contribution is -0.340. The molecular weight excluding hydrogens is 508 g/mol. The van der Waals surface area contributed by atoms with E-state index in [1.165, 1.54) is 6.92 Å². The standard InChI is InChI=1S/C29H36O10/c1-15-11-12-27-20(15)29(36,24(34)39-25(27,3)4)26(5)18(31)13-19(32)28(35,14-37-16(2)30)21(26)22(27)38-23(33)17-9-7-6-8-10-17/h6-10,18-19,21-22,31-32,35-36H,11-14H2,1-5H3. The Kier molecular flexibility index (Phi) is 6.12. The van der Waals surface area contributed by atoms with Crippen LogP contribution < -0.4 is 0 Å². The van der Waals surface area contributed by atoms with Crippen LogP contribution in [0.1, 0.15) is 64.2 Å². The van der Waals surface area contributed by atoms with Crippen molar-refractivity contribution in [3.8, 4) is 0 Å². The van der Waals surface area contributed by atoms with Gasteiger partial charge in [0, 0.05) is 24.7 Å². The summed E-state index contributed by atoms with van der Waals surface area (Å²) in [4.78, 5) is 39.2. The number of carbonyl (C=O) groups excluding carboxylic acids is 3. The molecular formula is C29H36O10. The first-order valence-electron chi connectivity index (χ1n) is 13.2. The van der Waals surface area contributed by atoms with Gasteiger partial charge in [-0.2, -0.15) is 0 Å². The summed E-state index contributed by atoms with van der Waals surface area (Å²) >= 11 is 0. The third-order valence-electron chi connectivity index (χ3n) is 10.1. The maximum atomic E-state index is 13.8. The van der Waals surface area contributed by atoms with Crippen molar-refractivity contribution >= 4 is 17.9 Å². The molecule has 2 saturated carbocycles. The number of cyclic esters (lactones) is 1. The van der Waals surface area contributed by atoms with Crippen molar-refractivity contribution in [2.45, 2.75) is 89.0 Å². The fourth-order valence-electron chi connectivity index (χ4n) is 8.12. The van der Waals surface area contributed by atoms with Crippen molar-refractivity contribution in [3.63, 3.8) is 0 Å². The molecule has 2 bridgehead atoms.